The van der Waals surface area contributed by atoms with E-state index in [0.717, 1.165) is 31.4 Å². The number of halogens is 3. The Morgan fingerprint density at radius 3 is 2.65 bits per heavy atom. The summed E-state index contributed by atoms with van der Waals surface area (Å²) >= 11 is 0. The molecule has 1 aliphatic rings. The molecule has 1 aromatic rings. The largest absolute Gasteiger partial charge is 0.416 e. The van der Waals surface area contributed by atoms with Crippen LogP contribution in [0, 0.1) is 0 Å². The van der Waals surface area contributed by atoms with Crippen molar-refractivity contribution >= 4 is 5.91 Å². The summed E-state index contributed by atoms with van der Waals surface area (Å²) in [4.78, 5) is 11.4. The number of alkyl halides is 3. The molecule has 1 saturated heterocycles. The van der Waals surface area contributed by atoms with E-state index in [4.69, 9.17) is 10.5 Å². The first-order valence-electron chi connectivity index (χ1n) is 6.49. The van der Waals surface area contributed by atoms with Crippen LogP contribution in [-0.4, -0.2) is 18.6 Å². The van der Waals surface area contributed by atoms with Crippen LogP contribution in [0.3, 0.4) is 0 Å². The molecule has 0 aromatic heterocycles. The number of primary amides is 1. The third-order valence-electron chi connectivity index (χ3n) is 3.42. The topological polar surface area (TPSA) is 52.3 Å². The first-order chi connectivity index (χ1) is 9.38. The van der Waals surface area contributed by atoms with Gasteiger partial charge in [0.05, 0.1) is 11.7 Å². The van der Waals surface area contributed by atoms with Gasteiger partial charge in [0, 0.05) is 12.2 Å². The molecule has 0 unspecified atom stereocenters. The van der Waals surface area contributed by atoms with Crippen LogP contribution in [0.5, 0.6) is 0 Å². The molecule has 0 radical (unpaired) electrons. The molecule has 6 heteroatoms. The summed E-state index contributed by atoms with van der Waals surface area (Å²) in [5.74, 6) is -0.845. The predicted octanol–water partition coefficient (Wildman–Crippen LogP) is 2.92. The Hall–Kier alpha value is -1.56. The minimum atomic E-state index is -4.48. The number of benzene rings is 1. The van der Waals surface area contributed by atoms with E-state index in [1.807, 2.05) is 0 Å². The predicted molar refractivity (Wildman–Crippen MR) is 67.3 cm³/mol. The van der Waals surface area contributed by atoms with Crippen molar-refractivity contribution in [3.05, 3.63) is 34.9 Å². The van der Waals surface area contributed by atoms with Gasteiger partial charge in [-0.25, -0.2) is 0 Å². The van der Waals surface area contributed by atoms with E-state index in [0.29, 0.717) is 18.6 Å². The standard InChI is InChI=1S/C14H16F3NO2/c15-14(16,17)10-5-4-9(12(8-10)13(18)19)7-11-3-1-2-6-20-11/h4-5,8,11H,1-3,6-7H2,(H2,18,19)/t11-/m0/s1. The average molecular weight is 287 g/mol. The Balaban J connectivity index is 2.25. The zero-order valence-electron chi connectivity index (χ0n) is 10.9. The van der Waals surface area contributed by atoms with Crippen LogP contribution in [0.2, 0.25) is 0 Å². The van der Waals surface area contributed by atoms with Crippen molar-refractivity contribution in [2.75, 3.05) is 6.61 Å². The third-order valence-corrected chi connectivity index (χ3v) is 3.42. The van der Waals surface area contributed by atoms with E-state index >= 15 is 0 Å². The molecule has 0 bridgehead atoms. The normalized spacial score (nSPS) is 19.9. The quantitative estimate of drug-likeness (QED) is 0.929. The van der Waals surface area contributed by atoms with Crippen LogP contribution in [0.4, 0.5) is 13.2 Å². The van der Waals surface area contributed by atoms with Gasteiger partial charge < -0.3 is 10.5 Å². The van der Waals surface area contributed by atoms with Crippen molar-refractivity contribution in [1.82, 2.24) is 0 Å². The van der Waals surface area contributed by atoms with E-state index < -0.39 is 17.6 Å². The molecule has 2 rings (SSSR count). The van der Waals surface area contributed by atoms with Crippen LogP contribution in [0.25, 0.3) is 0 Å². The molecular weight excluding hydrogens is 271 g/mol. The van der Waals surface area contributed by atoms with E-state index in [1.165, 1.54) is 6.07 Å². The second-order valence-corrected chi connectivity index (χ2v) is 4.93. The number of nitrogens with two attached hydrogens (primary N) is 1. The highest BCUT2D eigenvalue weighted by atomic mass is 19.4. The molecule has 1 fully saturated rings. The zero-order chi connectivity index (χ0) is 14.8. The summed E-state index contributed by atoms with van der Waals surface area (Å²) in [6, 6.07) is 3.12. The Morgan fingerprint density at radius 2 is 2.10 bits per heavy atom. The van der Waals surface area contributed by atoms with Crippen LogP contribution >= 0.6 is 0 Å². The number of hydrogen-bond donors (Lipinski definition) is 1. The van der Waals surface area contributed by atoms with Crippen LogP contribution in [0.15, 0.2) is 18.2 Å². The Kier molecular flexibility index (Phi) is 4.32. The number of ether oxygens (including phenoxy) is 1. The van der Waals surface area contributed by atoms with Gasteiger partial charge in [-0.1, -0.05) is 6.07 Å². The summed E-state index contributed by atoms with van der Waals surface area (Å²) in [5.41, 5.74) is 4.76. The second-order valence-electron chi connectivity index (χ2n) is 4.93. The number of hydrogen-bond acceptors (Lipinski definition) is 2. The lowest BCUT2D eigenvalue weighted by Gasteiger charge is -2.23. The second kappa shape index (κ2) is 5.83. The van der Waals surface area contributed by atoms with Crippen molar-refractivity contribution in [2.45, 2.75) is 38.0 Å². The highest BCUT2D eigenvalue weighted by Crippen LogP contribution is 2.31. The number of amides is 1. The minimum absolute atomic E-state index is 0.0569. The van der Waals surface area contributed by atoms with Crippen molar-refractivity contribution in [3.63, 3.8) is 0 Å². The maximum atomic E-state index is 12.6. The van der Waals surface area contributed by atoms with E-state index in [2.05, 4.69) is 0 Å². The molecular formula is C14H16F3NO2. The lowest BCUT2D eigenvalue weighted by Crippen LogP contribution is -2.24. The molecule has 1 aliphatic heterocycles. The molecule has 2 N–H and O–H groups in total. The smallest absolute Gasteiger partial charge is 0.378 e. The van der Waals surface area contributed by atoms with Gasteiger partial charge in [-0.3, -0.25) is 4.79 Å². The van der Waals surface area contributed by atoms with Gasteiger partial charge in [0.25, 0.3) is 0 Å². The van der Waals surface area contributed by atoms with Crippen molar-refractivity contribution < 1.29 is 22.7 Å². The molecule has 20 heavy (non-hydrogen) atoms. The molecule has 3 nitrogen and oxygen atoms in total. The lowest BCUT2D eigenvalue weighted by molar-refractivity contribution is -0.137. The zero-order valence-corrected chi connectivity index (χ0v) is 10.9. The third kappa shape index (κ3) is 3.50. The lowest BCUT2D eigenvalue weighted by atomic mass is 9.95. The van der Waals surface area contributed by atoms with E-state index in [1.54, 1.807) is 0 Å². The highest BCUT2D eigenvalue weighted by Gasteiger charge is 2.31. The first kappa shape index (κ1) is 14.8. The summed E-state index contributed by atoms with van der Waals surface area (Å²) in [7, 11) is 0. The Bertz CT molecular complexity index is 494. The fourth-order valence-corrected chi connectivity index (χ4v) is 2.37. The molecule has 0 aliphatic carbocycles. The minimum Gasteiger partial charge on any atom is -0.378 e. The van der Waals surface area contributed by atoms with Crippen molar-refractivity contribution in [1.29, 1.82) is 0 Å². The van der Waals surface area contributed by atoms with Gasteiger partial charge in [-0.2, -0.15) is 13.2 Å². The summed E-state index contributed by atoms with van der Waals surface area (Å²) < 4.78 is 43.5. The van der Waals surface area contributed by atoms with E-state index in [-0.39, 0.29) is 11.7 Å². The average Bonchev–Trinajstić information content (AvgIpc) is 2.38. The number of carbonyl (C=O) groups is 1. The summed E-state index contributed by atoms with van der Waals surface area (Å²) in [6.07, 6.45) is -1.26. The Labute approximate surface area is 114 Å². The number of rotatable bonds is 3. The van der Waals surface area contributed by atoms with Crippen LogP contribution in [0.1, 0.15) is 40.7 Å². The fourth-order valence-electron chi connectivity index (χ4n) is 2.37. The maximum absolute atomic E-state index is 12.6. The number of carbonyl (C=O) groups excluding carboxylic acids is 1. The molecule has 1 aromatic carbocycles. The van der Waals surface area contributed by atoms with Gasteiger partial charge in [-0.15, -0.1) is 0 Å². The molecule has 0 spiro atoms. The Morgan fingerprint density at radius 1 is 1.35 bits per heavy atom. The van der Waals surface area contributed by atoms with Gasteiger partial charge in [0.1, 0.15) is 0 Å². The molecule has 1 atom stereocenters. The molecule has 110 valence electrons. The molecule has 1 heterocycles. The first-order valence-corrected chi connectivity index (χ1v) is 6.49. The SMILES string of the molecule is NC(=O)c1cc(C(F)(F)F)ccc1C[C@@H]1CCCCO1. The van der Waals surface area contributed by atoms with Gasteiger partial charge in [0.15, 0.2) is 0 Å². The molecule has 1 amide bonds. The monoisotopic (exact) mass is 287 g/mol. The van der Waals surface area contributed by atoms with Crippen LogP contribution in [-0.2, 0) is 17.3 Å². The van der Waals surface area contributed by atoms with E-state index in [9.17, 15) is 18.0 Å². The van der Waals surface area contributed by atoms with Gasteiger partial charge >= 0.3 is 6.18 Å². The highest BCUT2D eigenvalue weighted by molar-refractivity contribution is 5.94. The van der Waals surface area contributed by atoms with Crippen LogP contribution < -0.4 is 5.73 Å². The fraction of sp³-hybridized carbons (Fsp3) is 0.500. The van der Waals surface area contributed by atoms with Crippen molar-refractivity contribution in [2.24, 2.45) is 5.73 Å². The maximum Gasteiger partial charge on any atom is 0.416 e. The van der Waals surface area contributed by atoms with Gasteiger partial charge in [0.2, 0.25) is 5.91 Å². The summed E-state index contributed by atoms with van der Waals surface area (Å²) in [6.45, 7) is 0.650. The molecule has 0 saturated carbocycles. The summed E-state index contributed by atoms with van der Waals surface area (Å²) in [5, 5.41) is 0. The van der Waals surface area contributed by atoms with Gasteiger partial charge in [-0.05, 0) is 43.4 Å². The van der Waals surface area contributed by atoms with Crippen molar-refractivity contribution in [3.8, 4) is 0 Å².